The van der Waals surface area contributed by atoms with E-state index in [4.69, 9.17) is 25.9 Å². The molecule has 0 spiro atoms. The van der Waals surface area contributed by atoms with E-state index in [1.54, 1.807) is 30.4 Å². The maximum Gasteiger partial charge on any atom is 0.247 e. The Bertz CT molecular complexity index is 1530. The van der Waals surface area contributed by atoms with E-state index >= 15 is 0 Å². The van der Waals surface area contributed by atoms with Gasteiger partial charge in [-0.25, -0.2) is 19.4 Å². The number of halogens is 2. The minimum Gasteiger partial charge on any atom is -0.494 e. The number of hydroxylamine groups is 1. The molecule has 1 aromatic heterocycles. The predicted octanol–water partition coefficient (Wildman–Crippen LogP) is 5.33. The number of morpholine rings is 1. The van der Waals surface area contributed by atoms with Crippen LogP contribution in [0.1, 0.15) is 30.9 Å². The van der Waals surface area contributed by atoms with Crippen molar-refractivity contribution < 1.29 is 23.5 Å². The number of nitrogens with zero attached hydrogens (tertiary/aromatic N) is 5. The van der Waals surface area contributed by atoms with Gasteiger partial charge in [0.2, 0.25) is 5.91 Å². The van der Waals surface area contributed by atoms with Crippen molar-refractivity contribution in [3.63, 3.8) is 0 Å². The molecule has 1 atom stereocenters. The highest BCUT2D eigenvalue weighted by Gasteiger charge is 2.31. The summed E-state index contributed by atoms with van der Waals surface area (Å²) in [5.74, 6) is 0.779. The van der Waals surface area contributed by atoms with Crippen molar-refractivity contribution in [3.8, 4) is 5.75 Å². The molecule has 6 rings (SSSR count). The molecule has 4 heterocycles. The van der Waals surface area contributed by atoms with E-state index in [1.165, 1.54) is 18.5 Å². The second-order valence-electron chi connectivity index (χ2n) is 11.2. The molecule has 0 bridgehead atoms. The van der Waals surface area contributed by atoms with Gasteiger partial charge in [0.1, 0.15) is 23.7 Å². The number of benzene rings is 2. The normalized spacial score (nSPS) is 19.4. The number of nitrogens with one attached hydrogen (secondary N) is 2. The fraction of sp³-hybridized carbons (Fsp3) is 0.406. The molecule has 3 saturated heterocycles. The Morgan fingerprint density at radius 2 is 1.87 bits per heavy atom. The van der Waals surface area contributed by atoms with E-state index in [0.29, 0.717) is 47.8 Å². The molecule has 3 fully saturated rings. The van der Waals surface area contributed by atoms with Crippen molar-refractivity contribution in [1.29, 1.82) is 0 Å². The van der Waals surface area contributed by atoms with Gasteiger partial charge in [-0.15, -0.1) is 0 Å². The second kappa shape index (κ2) is 14.0. The lowest BCUT2D eigenvalue weighted by Crippen LogP contribution is -2.49. The molecular weight excluding hydrogens is 601 g/mol. The van der Waals surface area contributed by atoms with Crippen LogP contribution in [0, 0.1) is 5.82 Å². The van der Waals surface area contributed by atoms with Gasteiger partial charge in [0.25, 0.3) is 0 Å². The van der Waals surface area contributed by atoms with Crippen LogP contribution in [0.4, 0.5) is 33.1 Å². The third kappa shape index (κ3) is 6.99. The largest absolute Gasteiger partial charge is 0.494 e. The van der Waals surface area contributed by atoms with Crippen LogP contribution >= 0.6 is 11.6 Å². The van der Waals surface area contributed by atoms with Crippen LogP contribution in [0.3, 0.4) is 0 Å². The third-order valence-corrected chi connectivity index (χ3v) is 8.81. The first-order chi connectivity index (χ1) is 21.9. The Hall–Kier alpha value is -3.97. The van der Waals surface area contributed by atoms with Crippen LogP contribution in [0.25, 0.3) is 0 Å². The lowest BCUT2D eigenvalue weighted by atomic mass is 10.0. The van der Waals surface area contributed by atoms with Crippen LogP contribution in [-0.4, -0.2) is 79.9 Å². The summed E-state index contributed by atoms with van der Waals surface area (Å²) >= 11 is 5.90. The molecule has 238 valence electrons. The van der Waals surface area contributed by atoms with Crippen LogP contribution in [0.5, 0.6) is 5.75 Å². The van der Waals surface area contributed by atoms with Crippen molar-refractivity contribution in [2.45, 2.75) is 31.3 Å². The molecule has 0 radical (unpaired) electrons. The maximum atomic E-state index is 14.2. The van der Waals surface area contributed by atoms with Crippen molar-refractivity contribution in [1.82, 2.24) is 14.9 Å². The minimum atomic E-state index is -0.484. The van der Waals surface area contributed by atoms with Gasteiger partial charge in [-0.3, -0.25) is 14.5 Å². The standard InChI is InChI=1S/C32H37ClFN7O4/c1-3-32(42)38-25-17-26(29(43-2)18-28(25)40-9-6-22(7-10-40)39-11-14-44-15-12-39)37-30-19-31(36-20-35-30)41-27(8-13-45-41)21-4-5-23(33)24(34)16-21/h3-5,16-20,22,27H,1,6-15H2,2H3,(H,38,42)(H,35,36,37). The molecule has 0 aliphatic carbocycles. The van der Waals surface area contributed by atoms with Gasteiger partial charge in [0.15, 0.2) is 5.82 Å². The summed E-state index contributed by atoms with van der Waals surface area (Å²) in [6.45, 7) is 9.27. The molecule has 3 aliphatic rings. The highest BCUT2D eigenvalue weighted by Crippen LogP contribution is 2.41. The summed E-state index contributed by atoms with van der Waals surface area (Å²) in [5, 5.41) is 8.02. The number of anilines is 5. The van der Waals surface area contributed by atoms with Crippen LogP contribution in [-0.2, 0) is 14.4 Å². The first-order valence-electron chi connectivity index (χ1n) is 15.1. The number of piperidine rings is 1. The summed E-state index contributed by atoms with van der Waals surface area (Å²) in [4.78, 5) is 32.0. The van der Waals surface area contributed by atoms with E-state index in [-0.39, 0.29) is 17.0 Å². The lowest BCUT2D eigenvalue weighted by molar-refractivity contribution is -0.111. The van der Waals surface area contributed by atoms with Gasteiger partial charge < -0.3 is 25.0 Å². The quantitative estimate of drug-likeness (QED) is 0.299. The van der Waals surface area contributed by atoms with Gasteiger partial charge in [-0.2, -0.15) is 0 Å². The number of carbonyl (C=O) groups excluding carboxylic acids is 1. The van der Waals surface area contributed by atoms with Crippen LogP contribution < -0.4 is 25.3 Å². The fourth-order valence-electron chi connectivity index (χ4n) is 6.19. The van der Waals surface area contributed by atoms with Gasteiger partial charge in [-0.05, 0) is 42.7 Å². The number of hydrogen-bond acceptors (Lipinski definition) is 10. The summed E-state index contributed by atoms with van der Waals surface area (Å²) in [7, 11) is 1.61. The van der Waals surface area contributed by atoms with E-state index in [1.807, 2.05) is 12.1 Å². The topological polar surface area (TPSA) is 104 Å². The smallest absolute Gasteiger partial charge is 0.247 e. The predicted molar refractivity (Wildman–Crippen MR) is 172 cm³/mol. The zero-order chi connectivity index (χ0) is 31.3. The average Bonchev–Trinajstić information content (AvgIpc) is 3.57. The number of hydrogen-bond donors (Lipinski definition) is 2. The summed E-state index contributed by atoms with van der Waals surface area (Å²) in [6.07, 6.45) is 5.37. The zero-order valence-electron chi connectivity index (χ0n) is 25.2. The van der Waals surface area contributed by atoms with Crippen molar-refractivity contribution in [3.05, 3.63) is 71.8 Å². The van der Waals surface area contributed by atoms with Crippen molar-refractivity contribution in [2.24, 2.45) is 0 Å². The summed E-state index contributed by atoms with van der Waals surface area (Å²) in [6, 6.07) is 10.5. The number of ether oxygens (including phenoxy) is 2. The van der Waals surface area contributed by atoms with Gasteiger partial charge in [-0.1, -0.05) is 24.2 Å². The molecule has 1 unspecified atom stereocenters. The molecule has 3 aromatic rings. The van der Waals surface area contributed by atoms with Crippen LogP contribution in [0.2, 0.25) is 5.02 Å². The van der Waals surface area contributed by atoms with Crippen LogP contribution in [0.15, 0.2) is 55.4 Å². The molecule has 0 saturated carbocycles. The SMILES string of the molecule is C=CC(=O)Nc1cc(Nc2cc(N3OCCC3c3ccc(Cl)c(F)c3)ncn2)c(OC)cc1N1CCC(N2CCOCC2)CC1. The average molecular weight is 638 g/mol. The van der Waals surface area contributed by atoms with Crippen molar-refractivity contribution >= 4 is 46.2 Å². The maximum absolute atomic E-state index is 14.2. The summed E-state index contributed by atoms with van der Waals surface area (Å²) in [5.41, 5.74) is 2.85. The number of carbonyl (C=O) groups is 1. The van der Waals surface area contributed by atoms with Gasteiger partial charge in [0.05, 0.1) is 55.1 Å². The van der Waals surface area contributed by atoms with Gasteiger partial charge in [0, 0.05) is 50.8 Å². The molecular formula is C32H37ClFN7O4. The summed E-state index contributed by atoms with van der Waals surface area (Å²) < 4.78 is 25.6. The first-order valence-corrected chi connectivity index (χ1v) is 15.5. The zero-order valence-corrected chi connectivity index (χ0v) is 25.9. The third-order valence-electron chi connectivity index (χ3n) is 8.50. The van der Waals surface area contributed by atoms with E-state index < -0.39 is 5.82 Å². The van der Waals surface area contributed by atoms with Crippen molar-refractivity contribution in [2.75, 3.05) is 73.7 Å². The second-order valence-corrected chi connectivity index (χ2v) is 11.6. The number of aromatic nitrogens is 2. The molecule has 11 nitrogen and oxygen atoms in total. The van der Waals surface area contributed by atoms with E-state index in [2.05, 4.69) is 37.0 Å². The number of amides is 1. The molecule has 2 aromatic carbocycles. The van der Waals surface area contributed by atoms with Gasteiger partial charge >= 0.3 is 0 Å². The molecule has 2 N–H and O–H groups in total. The highest BCUT2D eigenvalue weighted by molar-refractivity contribution is 6.30. The Balaban J connectivity index is 1.24. The Labute approximate surface area is 266 Å². The molecule has 45 heavy (non-hydrogen) atoms. The molecule has 13 heteroatoms. The first kappa shape index (κ1) is 31.0. The van der Waals surface area contributed by atoms with E-state index in [0.717, 1.165) is 63.5 Å². The minimum absolute atomic E-state index is 0.0684. The highest BCUT2D eigenvalue weighted by atomic mass is 35.5. The number of methoxy groups -OCH3 is 1. The Morgan fingerprint density at radius 1 is 1.07 bits per heavy atom. The Morgan fingerprint density at radius 3 is 2.60 bits per heavy atom. The molecule has 3 aliphatic heterocycles. The lowest BCUT2D eigenvalue weighted by Gasteiger charge is -2.41. The molecule has 1 amide bonds. The Kier molecular flexibility index (Phi) is 9.64. The number of rotatable bonds is 9. The fourth-order valence-corrected chi connectivity index (χ4v) is 6.30. The van der Waals surface area contributed by atoms with E-state index in [9.17, 15) is 9.18 Å². The monoisotopic (exact) mass is 637 g/mol.